The number of ether oxygens (including phenoxy) is 1. The zero-order valence-electron chi connectivity index (χ0n) is 17.8. The summed E-state index contributed by atoms with van der Waals surface area (Å²) in [6.07, 6.45) is 3.70. The van der Waals surface area contributed by atoms with E-state index >= 15 is 4.39 Å². The molecule has 33 heavy (non-hydrogen) atoms. The van der Waals surface area contributed by atoms with Crippen LogP contribution >= 0.6 is 0 Å². The van der Waals surface area contributed by atoms with Crippen LogP contribution in [0.5, 0.6) is 11.8 Å². The van der Waals surface area contributed by atoms with E-state index < -0.39 is 11.6 Å². The monoisotopic (exact) mass is 449 g/mol. The number of halogens is 2. The molecule has 2 unspecified atom stereocenters. The summed E-state index contributed by atoms with van der Waals surface area (Å²) in [5, 5.41) is 14.9. The van der Waals surface area contributed by atoms with Crippen LogP contribution in [0, 0.1) is 11.6 Å². The average Bonchev–Trinajstić information content (AvgIpc) is 3.15. The van der Waals surface area contributed by atoms with Crippen molar-refractivity contribution in [1.82, 2.24) is 20.3 Å². The number of nitrogens with zero attached hydrogens (tertiary/aromatic N) is 4. The van der Waals surface area contributed by atoms with Gasteiger partial charge in [0, 0.05) is 42.3 Å². The van der Waals surface area contributed by atoms with Crippen LogP contribution in [0.2, 0.25) is 0 Å². The number of rotatable bonds is 3. The standard InChI is InChI=1S/C24H21F2N5O2/c1-33-24-29-22-17(23(30-24)31-10-13-5-6-14(11-31)28-13)9-27-21(20(22)26)16-8-15(32)7-12-3-2-4-18(25)19(12)16/h2-4,7-9,13-14,28,32H,5-6,10-11H2,1H3. The van der Waals surface area contributed by atoms with E-state index in [9.17, 15) is 9.50 Å². The third-order valence-electron chi connectivity index (χ3n) is 6.51. The number of aromatic hydroxyl groups is 1. The Bertz CT molecular complexity index is 1400. The Morgan fingerprint density at radius 2 is 1.91 bits per heavy atom. The smallest absolute Gasteiger partial charge is 0.318 e. The molecule has 0 amide bonds. The molecule has 2 saturated heterocycles. The maximum absolute atomic E-state index is 15.9. The molecule has 2 aliphatic rings. The molecular weight excluding hydrogens is 428 g/mol. The molecule has 0 saturated carbocycles. The number of aromatic nitrogens is 3. The minimum Gasteiger partial charge on any atom is -0.508 e. The Morgan fingerprint density at radius 3 is 2.67 bits per heavy atom. The summed E-state index contributed by atoms with van der Waals surface area (Å²) >= 11 is 0. The Kier molecular flexibility index (Phi) is 4.55. The van der Waals surface area contributed by atoms with Gasteiger partial charge in [-0.15, -0.1) is 0 Å². The van der Waals surface area contributed by atoms with Gasteiger partial charge >= 0.3 is 6.01 Å². The van der Waals surface area contributed by atoms with Gasteiger partial charge in [-0.2, -0.15) is 9.97 Å². The first-order chi connectivity index (χ1) is 16.0. The first kappa shape index (κ1) is 20.0. The van der Waals surface area contributed by atoms with Gasteiger partial charge in [-0.25, -0.2) is 8.78 Å². The summed E-state index contributed by atoms with van der Waals surface area (Å²) in [4.78, 5) is 15.3. The molecule has 0 spiro atoms. The summed E-state index contributed by atoms with van der Waals surface area (Å²) in [5.41, 5.74) is 0.1000. The quantitative estimate of drug-likeness (QED) is 0.493. The van der Waals surface area contributed by atoms with Gasteiger partial charge in [-0.05, 0) is 36.4 Å². The normalized spacial score (nSPS) is 20.0. The molecule has 2 fully saturated rings. The van der Waals surface area contributed by atoms with Crippen LogP contribution < -0.4 is 15.0 Å². The Balaban J connectivity index is 1.57. The van der Waals surface area contributed by atoms with E-state index in [2.05, 4.69) is 25.2 Å². The van der Waals surface area contributed by atoms with Crippen molar-refractivity contribution in [3.63, 3.8) is 0 Å². The number of nitrogens with one attached hydrogen (secondary N) is 1. The molecule has 6 rings (SSSR count). The third-order valence-corrected chi connectivity index (χ3v) is 6.51. The van der Waals surface area contributed by atoms with Gasteiger partial charge in [0.25, 0.3) is 0 Å². The lowest BCUT2D eigenvalue weighted by molar-refractivity contribution is 0.380. The lowest BCUT2D eigenvalue weighted by Gasteiger charge is -2.34. The molecule has 4 aromatic rings. The molecule has 4 heterocycles. The molecule has 0 radical (unpaired) electrons. The molecule has 168 valence electrons. The van der Waals surface area contributed by atoms with Gasteiger partial charge in [0.15, 0.2) is 5.82 Å². The number of anilines is 1. The highest BCUT2D eigenvalue weighted by Crippen LogP contribution is 2.38. The summed E-state index contributed by atoms with van der Waals surface area (Å²) in [5.74, 6) is -0.787. The van der Waals surface area contributed by atoms with E-state index in [0.717, 1.165) is 25.9 Å². The minimum atomic E-state index is -0.720. The van der Waals surface area contributed by atoms with Gasteiger partial charge < -0.3 is 20.1 Å². The van der Waals surface area contributed by atoms with Crippen molar-refractivity contribution in [2.24, 2.45) is 0 Å². The molecule has 7 nitrogen and oxygen atoms in total. The Morgan fingerprint density at radius 1 is 1.12 bits per heavy atom. The van der Waals surface area contributed by atoms with Crippen molar-refractivity contribution in [3.8, 4) is 23.0 Å². The summed E-state index contributed by atoms with van der Waals surface area (Å²) in [7, 11) is 1.44. The number of methoxy groups -OCH3 is 1. The Labute approximate surface area is 188 Å². The zero-order chi connectivity index (χ0) is 22.7. The average molecular weight is 449 g/mol. The number of fused-ring (bicyclic) bond motifs is 4. The number of hydrogen-bond acceptors (Lipinski definition) is 7. The van der Waals surface area contributed by atoms with Crippen LogP contribution in [0.3, 0.4) is 0 Å². The van der Waals surface area contributed by atoms with Gasteiger partial charge in [0.1, 0.15) is 28.6 Å². The zero-order valence-corrected chi connectivity index (χ0v) is 17.8. The predicted molar refractivity (Wildman–Crippen MR) is 121 cm³/mol. The number of piperazine rings is 1. The highest BCUT2D eigenvalue weighted by molar-refractivity contribution is 6.00. The van der Waals surface area contributed by atoms with Crippen molar-refractivity contribution < 1.29 is 18.6 Å². The minimum absolute atomic E-state index is 0.0422. The van der Waals surface area contributed by atoms with Gasteiger partial charge in [0.2, 0.25) is 0 Å². The van der Waals surface area contributed by atoms with Crippen LogP contribution in [0.4, 0.5) is 14.6 Å². The molecule has 2 aliphatic heterocycles. The van der Waals surface area contributed by atoms with Crippen LogP contribution in [0.25, 0.3) is 32.9 Å². The molecule has 2 N–H and O–H groups in total. The fourth-order valence-corrected chi connectivity index (χ4v) is 5.06. The third kappa shape index (κ3) is 3.22. The maximum Gasteiger partial charge on any atom is 0.318 e. The van der Waals surface area contributed by atoms with E-state index in [-0.39, 0.29) is 33.9 Å². The fraction of sp³-hybridized carbons (Fsp3) is 0.292. The summed E-state index contributed by atoms with van der Waals surface area (Å²) in [6.45, 7) is 1.50. The van der Waals surface area contributed by atoms with Crippen molar-refractivity contribution in [2.45, 2.75) is 24.9 Å². The maximum atomic E-state index is 15.9. The van der Waals surface area contributed by atoms with E-state index in [1.54, 1.807) is 6.07 Å². The number of phenolic OH excluding ortho intramolecular Hbond substituents is 1. The first-order valence-electron chi connectivity index (χ1n) is 10.8. The molecule has 2 aromatic heterocycles. The SMILES string of the molecule is COc1nc(N2CC3CCC(C2)N3)c2cnc(-c3cc(O)cc4cccc(F)c34)c(F)c2n1. The van der Waals surface area contributed by atoms with Crippen LogP contribution in [-0.2, 0) is 0 Å². The Hall–Kier alpha value is -3.59. The highest BCUT2D eigenvalue weighted by Gasteiger charge is 2.34. The second-order valence-electron chi connectivity index (χ2n) is 8.59. The number of benzene rings is 2. The topological polar surface area (TPSA) is 83.4 Å². The lowest BCUT2D eigenvalue weighted by Crippen LogP contribution is -2.51. The van der Waals surface area contributed by atoms with Crippen molar-refractivity contribution in [1.29, 1.82) is 0 Å². The van der Waals surface area contributed by atoms with E-state index in [4.69, 9.17) is 4.74 Å². The van der Waals surface area contributed by atoms with E-state index in [1.165, 1.54) is 37.6 Å². The highest BCUT2D eigenvalue weighted by atomic mass is 19.1. The molecule has 2 atom stereocenters. The van der Waals surface area contributed by atoms with Crippen LogP contribution in [0.1, 0.15) is 12.8 Å². The van der Waals surface area contributed by atoms with Crippen LogP contribution in [-0.4, -0.2) is 52.3 Å². The number of pyridine rings is 1. The second kappa shape index (κ2) is 7.48. The predicted octanol–water partition coefficient (Wildman–Crippen LogP) is 3.78. The molecule has 0 aliphatic carbocycles. The molecule has 2 aromatic carbocycles. The largest absolute Gasteiger partial charge is 0.508 e. The van der Waals surface area contributed by atoms with Crippen LogP contribution in [0.15, 0.2) is 36.5 Å². The van der Waals surface area contributed by atoms with Gasteiger partial charge in [-0.3, -0.25) is 4.98 Å². The fourth-order valence-electron chi connectivity index (χ4n) is 5.06. The molecular formula is C24H21F2N5O2. The molecule has 2 bridgehead atoms. The van der Waals surface area contributed by atoms with Crippen molar-refractivity contribution >= 4 is 27.5 Å². The number of phenols is 1. The van der Waals surface area contributed by atoms with Crippen molar-refractivity contribution in [3.05, 3.63) is 48.2 Å². The molecule has 9 heteroatoms. The van der Waals surface area contributed by atoms with E-state index in [0.29, 0.717) is 28.7 Å². The summed E-state index contributed by atoms with van der Waals surface area (Å²) in [6, 6.07) is 8.00. The van der Waals surface area contributed by atoms with Gasteiger partial charge in [0.05, 0.1) is 12.5 Å². The first-order valence-corrected chi connectivity index (χ1v) is 10.8. The lowest BCUT2D eigenvalue weighted by atomic mass is 9.99. The van der Waals surface area contributed by atoms with E-state index in [1.807, 2.05) is 0 Å². The van der Waals surface area contributed by atoms with Crippen molar-refractivity contribution in [2.75, 3.05) is 25.1 Å². The summed E-state index contributed by atoms with van der Waals surface area (Å²) < 4.78 is 35.9. The second-order valence-corrected chi connectivity index (χ2v) is 8.59. The van der Waals surface area contributed by atoms with Gasteiger partial charge in [-0.1, -0.05) is 12.1 Å². The number of hydrogen-bond donors (Lipinski definition) is 2.